The maximum atomic E-state index is 12.7. The molecule has 0 radical (unpaired) electrons. The summed E-state index contributed by atoms with van der Waals surface area (Å²) in [7, 11) is 3.59. The minimum atomic E-state index is 0.133. The average molecular weight is 347 g/mol. The molecule has 2 bridgehead atoms. The van der Waals surface area contributed by atoms with Gasteiger partial charge in [0.25, 0.3) is 0 Å². The van der Waals surface area contributed by atoms with Crippen molar-refractivity contribution in [1.82, 2.24) is 24.5 Å². The van der Waals surface area contributed by atoms with E-state index in [1.54, 1.807) is 19.0 Å². The van der Waals surface area contributed by atoms with Crippen LogP contribution in [-0.4, -0.2) is 82.6 Å². The lowest BCUT2D eigenvalue weighted by Crippen LogP contribution is -2.48. The van der Waals surface area contributed by atoms with Crippen LogP contribution in [0.1, 0.15) is 24.8 Å². The molecular formula is C18H29N5O2. The minimum Gasteiger partial charge on any atom is -0.348 e. The Labute approximate surface area is 149 Å². The fraction of sp³-hybridized carbons (Fsp3) is 0.722. The third-order valence-corrected chi connectivity index (χ3v) is 5.28. The molecule has 3 saturated heterocycles. The van der Waals surface area contributed by atoms with Crippen molar-refractivity contribution < 1.29 is 9.59 Å². The lowest BCUT2D eigenvalue weighted by atomic mass is 9.94. The normalized spacial score (nSPS) is 23.6. The van der Waals surface area contributed by atoms with E-state index in [9.17, 15) is 9.59 Å². The molecule has 0 aromatic carbocycles. The van der Waals surface area contributed by atoms with E-state index in [4.69, 9.17) is 0 Å². The summed E-state index contributed by atoms with van der Waals surface area (Å²) in [6, 6.07) is 0.237. The first-order chi connectivity index (χ1) is 11.9. The van der Waals surface area contributed by atoms with Crippen molar-refractivity contribution in [3.8, 4) is 0 Å². The average Bonchev–Trinajstić information content (AvgIpc) is 2.79. The summed E-state index contributed by atoms with van der Waals surface area (Å²) in [5.74, 6) is 0.821. The summed E-state index contributed by atoms with van der Waals surface area (Å²) < 4.78 is 1.84. The molecule has 0 unspecified atom stereocenters. The molecular weight excluding hydrogens is 318 g/mol. The highest BCUT2D eigenvalue weighted by molar-refractivity contribution is 5.78. The van der Waals surface area contributed by atoms with Gasteiger partial charge in [-0.3, -0.25) is 19.2 Å². The smallest absolute Gasteiger partial charge is 0.236 e. The Balaban J connectivity index is 1.58. The van der Waals surface area contributed by atoms with E-state index < -0.39 is 0 Å². The van der Waals surface area contributed by atoms with Gasteiger partial charge in [-0.1, -0.05) is 0 Å². The molecule has 3 aliphatic heterocycles. The molecule has 2 amide bonds. The maximum absolute atomic E-state index is 12.7. The highest BCUT2D eigenvalue weighted by atomic mass is 16.2. The van der Waals surface area contributed by atoms with Gasteiger partial charge < -0.3 is 9.80 Å². The predicted octanol–water partition coefficient (Wildman–Crippen LogP) is 0.593. The largest absolute Gasteiger partial charge is 0.348 e. The van der Waals surface area contributed by atoms with E-state index in [1.165, 1.54) is 0 Å². The third kappa shape index (κ3) is 4.39. The zero-order chi connectivity index (χ0) is 18.0. The SMILES string of the molecule is Cc1cnn(CCC(=O)N2C[C@H]3CC[C@@H]2CN(CC(=O)N(C)C)C3)c1. The number of nitrogens with zero attached hydrogens (tertiary/aromatic N) is 5. The monoisotopic (exact) mass is 347 g/mol. The van der Waals surface area contributed by atoms with Gasteiger partial charge in [0.15, 0.2) is 0 Å². The molecule has 4 rings (SSSR count). The van der Waals surface area contributed by atoms with Crippen molar-refractivity contribution in [2.75, 3.05) is 40.3 Å². The summed E-state index contributed by atoms with van der Waals surface area (Å²) in [5.41, 5.74) is 1.11. The van der Waals surface area contributed by atoms with Crippen LogP contribution in [0.4, 0.5) is 0 Å². The number of rotatable bonds is 5. The Morgan fingerprint density at radius 2 is 2.04 bits per heavy atom. The number of carbonyl (C=O) groups is 2. The first-order valence-corrected chi connectivity index (χ1v) is 9.13. The summed E-state index contributed by atoms with van der Waals surface area (Å²) in [4.78, 5) is 30.7. The topological polar surface area (TPSA) is 61.7 Å². The number of amides is 2. The van der Waals surface area contributed by atoms with E-state index in [-0.39, 0.29) is 17.9 Å². The predicted molar refractivity (Wildman–Crippen MR) is 94.9 cm³/mol. The van der Waals surface area contributed by atoms with Gasteiger partial charge in [0.2, 0.25) is 11.8 Å². The van der Waals surface area contributed by atoms with Gasteiger partial charge in [-0.15, -0.1) is 0 Å². The highest BCUT2D eigenvalue weighted by Crippen LogP contribution is 2.28. The first-order valence-electron chi connectivity index (χ1n) is 9.13. The van der Waals surface area contributed by atoms with Crippen molar-refractivity contribution in [3.63, 3.8) is 0 Å². The molecule has 138 valence electrons. The second-order valence-corrected chi connectivity index (χ2v) is 7.66. The Morgan fingerprint density at radius 1 is 1.24 bits per heavy atom. The van der Waals surface area contributed by atoms with Crippen LogP contribution < -0.4 is 0 Å². The van der Waals surface area contributed by atoms with E-state index in [1.807, 2.05) is 24.0 Å². The molecule has 1 aromatic heterocycles. The van der Waals surface area contributed by atoms with Gasteiger partial charge in [0.1, 0.15) is 0 Å². The van der Waals surface area contributed by atoms with Crippen molar-refractivity contribution in [1.29, 1.82) is 0 Å². The molecule has 4 heterocycles. The van der Waals surface area contributed by atoms with Gasteiger partial charge >= 0.3 is 0 Å². The molecule has 7 nitrogen and oxygen atoms in total. The van der Waals surface area contributed by atoms with Crippen molar-refractivity contribution in [2.45, 2.75) is 38.8 Å². The Kier molecular flexibility index (Phi) is 5.42. The van der Waals surface area contributed by atoms with E-state index in [2.05, 4.69) is 14.9 Å². The lowest BCUT2D eigenvalue weighted by Gasteiger charge is -2.36. The second kappa shape index (κ2) is 7.56. The van der Waals surface area contributed by atoms with Gasteiger partial charge in [0, 0.05) is 58.9 Å². The molecule has 0 N–H and O–H groups in total. The molecule has 7 heteroatoms. The number of hydrogen-bond donors (Lipinski definition) is 0. The van der Waals surface area contributed by atoms with Crippen LogP contribution in [0.5, 0.6) is 0 Å². The number of carbonyl (C=O) groups excluding carboxylic acids is 2. The van der Waals surface area contributed by atoms with Gasteiger partial charge in [0.05, 0.1) is 12.7 Å². The summed E-state index contributed by atoms with van der Waals surface area (Å²) in [5, 5.41) is 4.26. The number of hydrogen-bond acceptors (Lipinski definition) is 4. The van der Waals surface area contributed by atoms with E-state index in [0.717, 1.165) is 38.0 Å². The minimum absolute atomic E-state index is 0.133. The summed E-state index contributed by atoms with van der Waals surface area (Å²) in [6.45, 7) is 5.63. The summed E-state index contributed by atoms with van der Waals surface area (Å²) in [6.07, 6.45) is 6.47. The molecule has 0 aliphatic carbocycles. The molecule has 2 atom stereocenters. The fourth-order valence-corrected chi connectivity index (χ4v) is 3.89. The molecule has 3 aliphatic rings. The number of piperidine rings is 1. The van der Waals surface area contributed by atoms with Crippen molar-refractivity contribution in [3.05, 3.63) is 18.0 Å². The van der Waals surface area contributed by atoms with Crippen LogP contribution in [0.15, 0.2) is 12.4 Å². The number of likely N-dealkylation sites (N-methyl/N-ethyl adjacent to an activating group) is 1. The maximum Gasteiger partial charge on any atom is 0.236 e. The Bertz CT molecular complexity index is 627. The standard InChI is InChI=1S/C18H29N5O2/c1-14-8-19-22(9-14)7-6-17(24)23-11-15-4-5-16(23)12-21(10-15)13-18(25)20(2)3/h8-9,15-16H,4-7,10-13H2,1-3H3/t15-,16+/m0/s1. The zero-order valence-electron chi connectivity index (χ0n) is 15.5. The van der Waals surface area contributed by atoms with E-state index >= 15 is 0 Å². The van der Waals surface area contributed by atoms with Crippen LogP contribution in [-0.2, 0) is 16.1 Å². The van der Waals surface area contributed by atoms with Gasteiger partial charge in [-0.2, -0.15) is 5.10 Å². The van der Waals surface area contributed by atoms with Crippen LogP contribution in [0.25, 0.3) is 0 Å². The zero-order valence-corrected chi connectivity index (χ0v) is 15.5. The molecule has 25 heavy (non-hydrogen) atoms. The first kappa shape index (κ1) is 17.9. The lowest BCUT2D eigenvalue weighted by molar-refractivity contribution is -0.135. The van der Waals surface area contributed by atoms with Gasteiger partial charge in [-0.25, -0.2) is 0 Å². The Hall–Kier alpha value is -1.89. The number of fused-ring (bicyclic) bond motifs is 4. The highest BCUT2D eigenvalue weighted by Gasteiger charge is 2.37. The fourth-order valence-electron chi connectivity index (χ4n) is 3.89. The van der Waals surface area contributed by atoms with Crippen LogP contribution in [0.3, 0.4) is 0 Å². The second-order valence-electron chi connectivity index (χ2n) is 7.66. The van der Waals surface area contributed by atoms with Crippen LogP contribution in [0.2, 0.25) is 0 Å². The van der Waals surface area contributed by atoms with Crippen molar-refractivity contribution >= 4 is 11.8 Å². The van der Waals surface area contributed by atoms with Crippen LogP contribution in [0, 0.1) is 12.8 Å². The van der Waals surface area contributed by atoms with E-state index in [0.29, 0.717) is 25.4 Å². The quantitative estimate of drug-likeness (QED) is 0.782. The van der Waals surface area contributed by atoms with Crippen molar-refractivity contribution in [2.24, 2.45) is 5.92 Å². The molecule has 0 saturated carbocycles. The Morgan fingerprint density at radius 3 is 2.72 bits per heavy atom. The third-order valence-electron chi connectivity index (χ3n) is 5.28. The molecule has 3 fully saturated rings. The number of aromatic nitrogens is 2. The van der Waals surface area contributed by atoms with Gasteiger partial charge in [-0.05, 0) is 31.2 Å². The number of aryl methyl sites for hydroxylation is 2. The molecule has 1 aromatic rings. The van der Waals surface area contributed by atoms with Crippen LogP contribution >= 0.6 is 0 Å². The molecule has 0 spiro atoms. The summed E-state index contributed by atoms with van der Waals surface area (Å²) >= 11 is 0.